The second-order valence-corrected chi connectivity index (χ2v) is 16.2. The van der Waals surface area contributed by atoms with E-state index in [4.69, 9.17) is 43.8 Å². The number of aliphatic hydroxyl groups excluding tert-OH is 2. The summed E-state index contributed by atoms with van der Waals surface area (Å²) in [6.45, 7) is 18.7. The minimum Gasteiger partial charge on any atom is -0.396 e. The van der Waals surface area contributed by atoms with Crippen molar-refractivity contribution in [1.82, 2.24) is 9.80 Å². The van der Waals surface area contributed by atoms with Gasteiger partial charge < -0.3 is 31.2 Å². The lowest BCUT2D eigenvalue weighted by Crippen LogP contribution is -2.40. The molecule has 2 fully saturated rings. The summed E-state index contributed by atoms with van der Waals surface area (Å²) in [5, 5.41) is 17.5. The number of halogens is 2. The van der Waals surface area contributed by atoms with Gasteiger partial charge in [0.1, 0.15) is 0 Å². The van der Waals surface area contributed by atoms with Crippen LogP contribution in [-0.2, 0) is 20.1 Å². The highest BCUT2D eigenvalue weighted by Crippen LogP contribution is 2.18. The van der Waals surface area contributed by atoms with Crippen molar-refractivity contribution < 1.29 is 32.3 Å². The summed E-state index contributed by atoms with van der Waals surface area (Å²) in [5.41, 5.74) is 18.0. The first-order valence-electron chi connectivity index (χ1n) is 22.3. The Hall–Kier alpha value is -4.02. The van der Waals surface area contributed by atoms with E-state index >= 15 is 0 Å². The van der Waals surface area contributed by atoms with E-state index in [0.29, 0.717) is 11.8 Å². The average Bonchev–Trinajstić information content (AvgIpc) is 3.36. The summed E-state index contributed by atoms with van der Waals surface area (Å²) < 4.78 is 36.0. The summed E-state index contributed by atoms with van der Waals surface area (Å²) in [6, 6.07) is 51.1. The molecule has 0 saturated carbocycles. The molecule has 11 nitrogen and oxygen atoms in total. The van der Waals surface area contributed by atoms with E-state index in [1.165, 1.54) is 28.7 Å². The molecule has 0 aromatic heterocycles. The Morgan fingerprint density at radius 2 is 0.758 bits per heavy atom. The van der Waals surface area contributed by atoms with E-state index in [0.717, 1.165) is 71.3 Å². The van der Waals surface area contributed by atoms with Crippen LogP contribution >= 0.6 is 24.8 Å². The van der Waals surface area contributed by atoms with Crippen LogP contribution in [0.5, 0.6) is 0 Å². The van der Waals surface area contributed by atoms with Gasteiger partial charge in [0.2, 0.25) is 0 Å². The molecule has 0 radical (unpaired) electrons. The highest BCUT2D eigenvalue weighted by Gasteiger charge is 2.16. The summed E-state index contributed by atoms with van der Waals surface area (Å²) in [6.07, 6.45) is 1.23. The summed E-state index contributed by atoms with van der Waals surface area (Å²) in [7, 11) is -3.11. The topological polar surface area (TPSA) is 169 Å². The van der Waals surface area contributed by atoms with E-state index in [-0.39, 0.29) is 56.0 Å². The molecule has 2 aliphatic rings. The maximum atomic E-state index is 8.79. The summed E-state index contributed by atoms with van der Waals surface area (Å²) >= 11 is 0. The van der Waals surface area contributed by atoms with Gasteiger partial charge in [0.15, 0.2) is 0 Å². The molecule has 66 heavy (non-hydrogen) atoms. The molecule has 2 heterocycles. The lowest BCUT2D eigenvalue weighted by Gasteiger charge is -2.29. The van der Waals surface area contributed by atoms with Crippen LogP contribution in [0.1, 0.15) is 91.8 Å². The van der Waals surface area contributed by atoms with Crippen LogP contribution in [0.2, 0.25) is 0 Å². The van der Waals surface area contributed by atoms with Gasteiger partial charge in [0, 0.05) is 57.8 Å². The lowest BCUT2D eigenvalue weighted by atomic mass is 9.99. The maximum Gasteiger partial charge on any atom is 0.425 e. The largest absolute Gasteiger partial charge is 0.425 e. The molecular weight excluding hydrogens is 896 g/mol. The molecule has 366 valence electrons. The number of morpholine rings is 2. The van der Waals surface area contributed by atoms with Gasteiger partial charge in [-0.25, -0.2) is 0 Å². The molecule has 0 spiro atoms. The number of hydrogen-bond donors (Lipinski definition) is 4. The number of ether oxygens (including phenoxy) is 2. The van der Waals surface area contributed by atoms with Crippen LogP contribution in [0.25, 0.3) is 0 Å². The van der Waals surface area contributed by atoms with Gasteiger partial charge in [0.25, 0.3) is 0 Å². The van der Waals surface area contributed by atoms with Gasteiger partial charge in [-0.2, -0.15) is 0 Å². The number of benzene rings is 5. The van der Waals surface area contributed by atoms with Crippen LogP contribution in [0.4, 0.5) is 0 Å². The third-order valence-corrected chi connectivity index (χ3v) is 10.8. The molecule has 7 rings (SSSR count). The fourth-order valence-electron chi connectivity index (χ4n) is 6.64. The highest BCUT2D eigenvalue weighted by molar-refractivity contribution is 7.59. The minimum atomic E-state index is -3.11. The second kappa shape index (κ2) is 39.0. The molecule has 6 N–H and O–H groups in total. The smallest absolute Gasteiger partial charge is 0.396 e. The van der Waals surface area contributed by atoms with Gasteiger partial charge in [-0.1, -0.05) is 179 Å². The first-order chi connectivity index (χ1) is 31.0. The lowest BCUT2D eigenvalue weighted by molar-refractivity contribution is 0.0352. The van der Waals surface area contributed by atoms with Crippen molar-refractivity contribution in [3.8, 4) is 0 Å². The third kappa shape index (κ3) is 28.2. The zero-order valence-corrected chi connectivity index (χ0v) is 41.7. The monoisotopic (exact) mass is 970 g/mol. The standard InChI is InChI=1S/C13H19NO.C12H18N2O.C10H14.C9H12O.C8H11NO.2ClH.O3S/c1-12(13-5-3-2-4-6-13)11-14-7-9-15-10-8-14;13-12(11-4-2-1-3-5-11)10-14-6-8-15-9-7-14;1-3-9(2)10-7-5-4-6-8-10;1-8(7-10)9-5-3-2-4-6-9;9-8(6-10)7-4-2-1-3-5-7;;;1-4(2)3/h2-6,12H,7-11H2,1H3;1-5,12H,6-10,13H2;4-9H,3H2,1-2H3;2-6,8,10H,7H2,1H3;1-5,8,10H,6,9H2;2*1H;/t2*12-;9-;2*8-;;;/m11111.../s1. The number of nitrogens with two attached hydrogens (primary N) is 2. The zero-order valence-electron chi connectivity index (χ0n) is 39.2. The fourth-order valence-corrected chi connectivity index (χ4v) is 6.64. The van der Waals surface area contributed by atoms with Crippen molar-refractivity contribution in [2.24, 2.45) is 11.5 Å². The number of nitrogens with zero attached hydrogens (tertiary/aromatic N) is 2. The van der Waals surface area contributed by atoms with E-state index in [2.05, 4.69) is 103 Å². The molecule has 0 aliphatic carbocycles. The molecular formula is C52H76Cl2N4O7S. The molecule has 2 aliphatic heterocycles. The molecule has 5 aromatic carbocycles. The van der Waals surface area contributed by atoms with Gasteiger partial charge >= 0.3 is 10.6 Å². The van der Waals surface area contributed by atoms with Crippen LogP contribution < -0.4 is 11.5 Å². The summed E-state index contributed by atoms with van der Waals surface area (Å²) in [4.78, 5) is 4.85. The Kier molecular flexibility index (Phi) is 36.6. The maximum absolute atomic E-state index is 8.79. The van der Waals surface area contributed by atoms with Crippen LogP contribution in [0.3, 0.4) is 0 Å². The first-order valence-corrected chi connectivity index (χ1v) is 23.3. The molecule has 0 bridgehead atoms. The van der Waals surface area contributed by atoms with Gasteiger partial charge in [0.05, 0.1) is 39.1 Å². The van der Waals surface area contributed by atoms with Crippen LogP contribution in [-0.4, -0.2) is 112 Å². The number of rotatable bonds is 12. The quantitative estimate of drug-likeness (QED) is 0.0945. The highest BCUT2D eigenvalue weighted by atomic mass is 35.5. The number of aliphatic hydroxyl groups is 2. The van der Waals surface area contributed by atoms with E-state index in [9.17, 15) is 0 Å². The van der Waals surface area contributed by atoms with Crippen molar-refractivity contribution in [3.63, 3.8) is 0 Å². The second-order valence-electron chi connectivity index (χ2n) is 15.8. The van der Waals surface area contributed by atoms with Crippen molar-refractivity contribution in [2.75, 3.05) is 78.9 Å². The normalized spacial score (nSPS) is 15.4. The molecule has 5 atom stereocenters. The molecule has 0 unspecified atom stereocenters. The first kappa shape index (κ1) is 62.0. The SMILES string of the molecule is CC[C@@H](C)c1ccccc1.C[C@H](CN1CCOCC1)c1ccccc1.C[C@H](CO)c1ccccc1.Cl.Cl.N[C@H](CN1CCOCC1)c1ccccc1.N[C@H](CO)c1ccccc1.O=S(=O)=O. The van der Waals surface area contributed by atoms with Crippen molar-refractivity contribution in [3.05, 3.63) is 179 Å². The Bertz CT molecular complexity index is 1780. The van der Waals surface area contributed by atoms with E-state index in [1.807, 2.05) is 85.8 Å². The van der Waals surface area contributed by atoms with Crippen LogP contribution in [0, 0.1) is 0 Å². The molecule has 0 amide bonds. The van der Waals surface area contributed by atoms with E-state index in [1.54, 1.807) is 0 Å². The Balaban J connectivity index is 0.000000788. The fraction of sp³-hybridized carbons (Fsp3) is 0.423. The number of hydrogen-bond acceptors (Lipinski definition) is 11. The predicted molar refractivity (Wildman–Crippen MR) is 274 cm³/mol. The van der Waals surface area contributed by atoms with Gasteiger partial charge in [-0.3, -0.25) is 9.80 Å². The minimum absolute atomic E-state index is 0. The van der Waals surface area contributed by atoms with Gasteiger partial charge in [-0.05, 0) is 46.1 Å². The van der Waals surface area contributed by atoms with Crippen molar-refractivity contribution >= 4 is 35.4 Å². The van der Waals surface area contributed by atoms with Crippen LogP contribution in [0.15, 0.2) is 152 Å². The van der Waals surface area contributed by atoms with E-state index < -0.39 is 10.6 Å². The Labute approximate surface area is 409 Å². The van der Waals surface area contributed by atoms with Gasteiger partial charge in [-0.15, -0.1) is 37.4 Å². The van der Waals surface area contributed by atoms with Crippen molar-refractivity contribution in [1.29, 1.82) is 0 Å². The Morgan fingerprint density at radius 1 is 0.470 bits per heavy atom. The Morgan fingerprint density at radius 3 is 1.08 bits per heavy atom. The third-order valence-electron chi connectivity index (χ3n) is 10.8. The van der Waals surface area contributed by atoms with Crippen molar-refractivity contribution in [2.45, 2.75) is 64.0 Å². The molecule has 2 saturated heterocycles. The summed E-state index contributed by atoms with van der Waals surface area (Å²) in [5.74, 6) is 1.59. The molecule has 5 aromatic rings. The predicted octanol–water partition coefficient (Wildman–Crippen LogP) is 8.64. The molecule has 14 heteroatoms. The average molecular weight is 972 g/mol. The zero-order chi connectivity index (χ0) is 46.8.